The third kappa shape index (κ3) is 4.65. The number of amides is 1. The molecule has 2 aliphatic rings. The molecule has 160 valence electrons. The van der Waals surface area contributed by atoms with Crippen molar-refractivity contribution >= 4 is 41.4 Å². The average molecular weight is 456 g/mol. The minimum atomic E-state index is -0.612. The number of hydrogen-bond acceptors (Lipinski definition) is 7. The molecule has 2 aromatic rings. The van der Waals surface area contributed by atoms with E-state index < -0.39 is 18.0 Å². The zero-order valence-corrected chi connectivity index (χ0v) is 18.5. The Morgan fingerprint density at radius 2 is 1.71 bits per heavy atom. The Morgan fingerprint density at radius 3 is 2.26 bits per heavy atom. The van der Waals surface area contributed by atoms with E-state index in [2.05, 4.69) is 0 Å². The SMILES string of the molecule is COC(=O)CSC1=C(C(=O)OC(c2ccccc2)c2ccccc2)N2C(=O)CC2SC1. The minimum Gasteiger partial charge on any atom is -0.468 e. The molecular weight excluding hydrogens is 434 g/mol. The van der Waals surface area contributed by atoms with E-state index in [0.29, 0.717) is 17.1 Å². The van der Waals surface area contributed by atoms with Crippen LogP contribution in [-0.2, 0) is 23.9 Å². The third-order valence-corrected chi connectivity index (χ3v) is 7.50. The van der Waals surface area contributed by atoms with Crippen LogP contribution in [0.2, 0.25) is 0 Å². The van der Waals surface area contributed by atoms with E-state index in [1.807, 2.05) is 60.7 Å². The number of thioether (sulfide) groups is 2. The van der Waals surface area contributed by atoms with E-state index >= 15 is 0 Å². The largest absolute Gasteiger partial charge is 0.468 e. The van der Waals surface area contributed by atoms with Gasteiger partial charge in [0, 0.05) is 10.7 Å². The van der Waals surface area contributed by atoms with E-state index in [0.717, 1.165) is 11.1 Å². The molecule has 2 heterocycles. The van der Waals surface area contributed by atoms with Gasteiger partial charge in [0.25, 0.3) is 0 Å². The van der Waals surface area contributed by atoms with Gasteiger partial charge in [-0.3, -0.25) is 14.5 Å². The molecule has 6 nitrogen and oxygen atoms in total. The first kappa shape index (κ1) is 21.5. The summed E-state index contributed by atoms with van der Waals surface area (Å²) in [6.07, 6.45) is -0.212. The molecule has 0 radical (unpaired) electrons. The fraction of sp³-hybridized carbons (Fsp3) is 0.261. The Morgan fingerprint density at radius 1 is 1.10 bits per heavy atom. The standard InChI is InChI=1S/C23H21NO5S2/c1-28-20(26)14-30-17-13-31-19-12-18(25)24(19)21(17)23(27)29-22(15-8-4-2-5-9-15)16-10-6-3-7-11-16/h2-11,19,22H,12-14H2,1H3. The Labute approximate surface area is 189 Å². The van der Waals surface area contributed by atoms with Gasteiger partial charge in [-0.1, -0.05) is 60.7 Å². The molecule has 1 atom stereocenters. The van der Waals surface area contributed by atoms with Gasteiger partial charge in [0.1, 0.15) is 5.70 Å². The summed E-state index contributed by atoms with van der Waals surface area (Å²) < 4.78 is 10.7. The van der Waals surface area contributed by atoms with Crippen LogP contribution in [0.25, 0.3) is 0 Å². The minimum absolute atomic E-state index is 0.0653. The number of esters is 2. The van der Waals surface area contributed by atoms with E-state index in [1.165, 1.54) is 23.8 Å². The van der Waals surface area contributed by atoms with Crippen molar-refractivity contribution < 1.29 is 23.9 Å². The van der Waals surface area contributed by atoms with Gasteiger partial charge in [-0.15, -0.1) is 23.5 Å². The Hall–Kier alpha value is -2.71. The van der Waals surface area contributed by atoms with Crippen LogP contribution in [0, 0.1) is 0 Å². The lowest BCUT2D eigenvalue weighted by Gasteiger charge is -2.44. The number of hydrogen-bond donors (Lipinski definition) is 0. The number of nitrogens with zero attached hydrogens (tertiary/aromatic N) is 1. The molecule has 1 unspecified atom stereocenters. The van der Waals surface area contributed by atoms with E-state index in [1.54, 1.807) is 11.8 Å². The van der Waals surface area contributed by atoms with Gasteiger partial charge in [0.05, 0.1) is 24.7 Å². The molecule has 0 spiro atoms. The third-order valence-electron chi connectivity index (χ3n) is 5.03. The highest BCUT2D eigenvalue weighted by Gasteiger charge is 2.46. The van der Waals surface area contributed by atoms with Crippen molar-refractivity contribution in [1.29, 1.82) is 0 Å². The maximum Gasteiger partial charge on any atom is 0.356 e. The summed E-state index contributed by atoms with van der Waals surface area (Å²) in [5.41, 5.74) is 1.91. The van der Waals surface area contributed by atoms with Crippen LogP contribution in [0.3, 0.4) is 0 Å². The second-order valence-corrected chi connectivity index (χ2v) is 9.21. The van der Waals surface area contributed by atoms with Crippen molar-refractivity contribution in [2.75, 3.05) is 18.6 Å². The highest BCUT2D eigenvalue weighted by atomic mass is 32.2. The van der Waals surface area contributed by atoms with Gasteiger partial charge in [-0.2, -0.15) is 0 Å². The Kier molecular flexibility index (Phi) is 6.67. The molecule has 0 N–H and O–H groups in total. The molecule has 1 amide bonds. The summed E-state index contributed by atoms with van der Waals surface area (Å²) in [4.78, 5) is 39.5. The van der Waals surface area contributed by atoms with E-state index in [4.69, 9.17) is 9.47 Å². The number of β-lactam (4-membered cyclic amide) rings is 1. The lowest BCUT2D eigenvalue weighted by molar-refractivity contribution is -0.151. The molecule has 8 heteroatoms. The summed E-state index contributed by atoms with van der Waals surface area (Å²) in [7, 11) is 1.32. The first-order valence-corrected chi connectivity index (χ1v) is 11.8. The number of methoxy groups -OCH3 is 1. The van der Waals surface area contributed by atoms with Crippen molar-refractivity contribution in [2.24, 2.45) is 0 Å². The fourth-order valence-corrected chi connectivity index (χ4v) is 5.82. The Bertz CT molecular complexity index is 970. The van der Waals surface area contributed by atoms with Crippen LogP contribution < -0.4 is 0 Å². The molecule has 0 aromatic heterocycles. The van der Waals surface area contributed by atoms with Gasteiger partial charge in [0.15, 0.2) is 6.10 Å². The zero-order chi connectivity index (χ0) is 21.8. The first-order valence-electron chi connectivity index (χ1n) is 9.75. The lowest BCUT2D eigenvalue weighted by atomic mass is 10.0. The quantitative estimate of drug-likeness (QED) is 0.465. The molecule has 0 bridgehead atoms. The smallest absolute Gasteiger partial charge is 0.356 e. The maximum absolute atomic E-state index is 13.4. The van der Waals surface area contributed by atoms with Crippen molar-refractivity contribution in [3.05, 3.63) is 82.4 Å². The molecular formula is C23H21NO5S2. The highest BCUT2D eigenvalue weighted by molar-refractivity contribution is 8.06. The van der Waals surface area contributed by atoms with Crippen LogP contribution in [0.15, 0.2) is 71.3 Å². The van der Waals surface area contributed by atoms with Crippen LogP contribution in [0.4, 0.5) is 0 Å². The van der Waals surface area contributed by atoms with Crippen molar-refractivity contribution in [3.63, 3.8) is 0 Å². The fourth-order valence-electron chi connectivity index (χ4n) is 3.44. The predicted octanol–water partition coefficient (Wildman–Crippen LogP) is 3.74. The molecule has 1 fully saturated rings. The number of ether oxygens (including phenoxy) is 2. The average Bonchev–Trinajstić information content (AvgIpc) is 2.81. The Balaban J connectivity index is 1.65. The highest BCUT2D eigenvalue weighted by Crippen LogP contribution is 2.44. The summed E-state index contributed by atoms with van der Waals surface area (Å²) in [6.45, 7) is 0. The van der Waals surface area contributed by atoms with Crippen LogP contribution in [-0.4, -0.2) is 46.7 Å². The first-order chi connectivity index (χ1) is 15.1. The van der Waals surface area contributed by atoms with E-state index in [-0.39, 0.29) is 22.7 Å². The predicted molar refractivity (Wildman–Crippen MR) is 120 cm³/mol. The zero-order valence-electron chi connectivity index (χ0n) is 16.9. The number of benzene rings is 2. The second kappa shape index (κ2) is 9.62. The van der Waals surface area contributed by atoms with E-state index in [9.17, 15) is 14.4 Å². The summed E-state index contributed by atoms with van der Waals surface area (Å²) in [5.74, 6) is -0.461. The van der Waals surface area contributed by atoms with Gasteiger partial charge in [0.2, 0.25) is 5.91 Å². The molecule has 2 aliphatic heterocycles. The summed E-state index contributed by atoms with van der Waals surface area (Å²) >= 11 is 2.80. The molecule has 1 saturated heterocycles. The summed E-state index contributed by atoms with van der Waals surface area (Å²) in [6, 6.07) is 19.0. The van der Waals surface area contributed by atoms with Crippen molar-refractivity contribution in [3.8, 4) is 0 Å². The normalized spacial score (nSPS) is 17.8. The summed E-state index contributed by atoms with van der Waals surface area (Å²) in [5, 5.41) is -0.0653. The molecule has 2 aromatic carbocycles. The molecule has 4 rings (SSSR count). The number of fused-ring (bicyclic) bond motifs is 1. The van der Waals surface area contributed by atoms with Crippen LogP contribution in [0.1, 0.15) is 23.7 Å². The van der Waals surface area contributed by atoms with Gasteiger partial charge >= 0.3 is 11.9 Å². The number of carbonyl (C=O) groups is 3. The number of rotatable bonds is 7. The van der Waals surface area contributed by atoms with Gasteiger partial charge < -0.3 is 9.47 Å². The van der Waals surface area contributed by atoms with Crippen LogP contribution >= 0.6 is 23.5 Å². The van der Waals surface area contributed by atoms with Gasteiger partial charge in [-0.05, 0) is 11.1 Å². The number of carbonyl (C=O) groups excluding carboxylic acids is 3. The molecule has 31 heavy (non-hydrogen) atoms. The molecule has 0 saturated carbocycles. The monoisotopic (exact) mass is 455 g/mol. The van der Waals surface area contributed by atoms with Crippen molar-refractivity contribution in [1.82, 2.24) is 4.90 Å². The van der Waals surface area contributed by atoms with Crippen molar-refractivity contribution in [2.45, 2.75) is 17.9 Å². The molecule has 0 aliphatic carbocycles. The second-order valence-electron chi connectivity index (χ2n) is 6.98. The van der Waals surface area contributed by atoms with Gasteiger partial charge in [-0.25, -0.2) is 4.79 Å². The van der Waals surface area contributed by atoms with Crippen LogP contribution in [0.5, 0.6) is 0 Å². The maximum atomic E-state index is 13.4. The lowest BCUT2D eigenvalue weighted by Crippen LogP contribution is -2.54. The topological polar surface area (TPSA) is 72.9 Å².